The average molecular weight is 407 g/mol. The van der Waals surface area contributed by atoms with Crippen molar-refractivity contribution in [2.24, 2.45) is 0 Å². The second kappa shape index (κ2) is 11.5. The highest BCUT2D eigenvalue weighted by molar-refractivity contribution is 7.99. The van der Waals surface area contributed by atoms with Crippen LogP contribution in [0.1, 0.15) is 54.8 Å². The quantitative estimate of drug-likeness (QED) is 0.269. The molecule has 0 atom stereocenters. The number of thioether (sulfide) groups is 1. The van der Waals surface area contributed by atoms with Crippen molar-refractivity contribution >= 4 is 28.9 Å². The van der Waals surface area contributed by atoms with Gasteiger partial charge in [0.15, 0.2) is 0 Å². The van der Waals surface area contributed by atoms with E-state index in [0.29, 0.717) is 11.4 Å². The molecule has 0 N–H and O–H groups in total. The van der Waals surface area contributed by atoms with Crippen LogP contribution in [0.25, 0.3) is 0 Å². The Morgan fingerprint density at radius 1 is 1.19 bits per heavy atom. The summed E-state index contributed by atoms with van der Waals surface area (Å²) in [6.07, 6.45) is 4.86. The molecular formula is C21H30N2O2S2. The molecule has 0 saturated heterocycles. The van der Waals surface area contributed by atoms with Gasteiger partial charge in [0.05, 0.1) is 16.5 Å². The summed E-state index contributed by atoms with van der Waals surface area (Å²) < 4.78 is 5.72. The van der Waals surface area contributed by atoms with E-state index in [1.807, 2.05) is 37.4 Å². The Labute approximate surface area is 171 Å². The van der Waals surface area contributed by atoms with Crippen LogP contribution in [0.4, 0.5) is 0 Å². The molecule has 4 nitrogen and oxygen atoms in total. The molecule has 0 aliphatic heterocycles. The maximum Gasteiger partial charge on any atom is 0.214 e. The van der Waals surface area contributed by atoms with E-state index in [-0.39, 0.29) is 11.9 Å². The zero-order chi connectivity index (χ0) is 19.6. The first kappa shape index (κ1) is 21.9. The normalized spacial score (nSPS) is 11.3. The first-order valence-electron chi connectivity index (χ1n) is 9.51. The molecular weight excluding hydrogens is 376 g/mol. The van der Waals surface area contributed by atoms with E-state index in [1.165, 1.54) is 30.6 Å². The molecule has 0 fully saturated rings. The highest BCUT2D eigenvalue weighted by atomic mass is 32.2. The van der Waals surface area contributed by atoms with E-state index in [9.17, 15) is 4.79 Å². The fourth-order valence-corrected chi connectivity index (χ4v) is 4.30. The monoisotopic (exact) mass is 406 g/mol. The Hall–Kier alpha value is -1.37. The Bertz CT molecular complexity index is 700. The predicted octanol–water partition coefficient (Wildman–Crippen LogP) is 5.38. The number of ether oxygens (including phenoxy) is 1. The average Bonchev–Trinajstić information content (AvgIpc) is 3.14. The second-order valence-corrected chi connectivity index (χ2v) is 9.07. The van der Waals surface area contributed by atoms with Crippen molar-refractivity contribution in [3.8, 4) is 5.88 Å². The van der Waals surface area contributed by atoms with Crippen LogP contribution in [0.3, 0.4) is 0 Å². The lowest BCUT2D eigenvalue weighted by atomic mass is 10.1. The van der Waals surface area contributed by atoms with Crippen molar-refractivity contribution in [1.29, 1.82) is 0 Å². The van der Waals surface area contributed by atoms with Gasteiger partial charge < -0.3 is 9.64 Å². The van der Waals surface area contributed by atoms with Crippen molar-refractivity contribution in [3.05, 3.63) is 40.1 Å². The summed E-state index contributed by atoms with van der Waals surface area (Å²) in [5.41, 5.74) is 0.672. The van der Waals surface area contributed by atoms with Gasteiger partial charge in [0.25, 0.3) is 0 Å². The number of nitrogens with zero attached hydrogens (tertiary/aromatic N) is 2. The predicted molar refractivity (Wildman–Crippen MR) is 115 cm³/mol. The number of hydrogen-bond acceptors (Lipinski definition) is 6. The summed E-state index contributed by atoms with van der Waals surface area (Å²) in [5, 5.41) is 2.71. The maximum absolute atomic E-state index is 12.8. The van der Waals surface area contributed by atoms with Crippen molar-refractivity contribution in [1.82, 2.24) is 9.88 Å². The van der Waals surface area contributed by atoms with Crippen molar-refractivity contribution in [2.75, 3.05) is 26.4 Å². The topological polar surface area (TPSA) is 42.4 Å². The van der Waals surface area contributed by atoms with Gasteiger partial charge >= 0.3 is 0 Å². The van der Waals surface area contributed by atoms with Crippen molar-refractivity contribution in [3.63, 3.8) is 0 Å². The molecule has 2 aromatic heterocycles. The van der Waals surface area contributed by atoms with Gasteiger partial charge in [0.2, 0.25) is 11.7 Å². The van der Waals surface area contributed by atoms with Crippen LogP contribution < -0.4 is 4.74 Å². The molecule has 0 aromatic carbocycles. The van der Waals surface area contributed by atoms with E-state index in [1.54, 1.807) is 17.8 Å². The summed E-state index contributed by atoms with van der Waals surface area (Å²) in [6.45, 7) is 5.10. The second-order valence-electron chi connectivity index (χ2n) is 7.04. The highest BCUT2D eigenvalue weighted by Crippen LogP contribution is 2.28. The molecule has 0 amide bonds. The van der Waals surface area contributed by atoms with Gasteiger partial charge in [-0.1, -0.05) is 18.9 Å². The van der Waals surface area contributed by atoms with Crippen LogP contribution in [0.15, 0.2) is 34.7 Å². The third-order valence-corrected chi connectivity index (χ3v) is 5.87. The SMILES string of the molecule is CC(C)Oc1ccc(C(=O)c2cccs2)c(SCCCCCCN(C)C)n1. The van der Waals surface area contributed by atoms with Gasteiger partial charge in [-0.05, 0) is 70.6 Å². The zero-order valence-electron chi connectivity index (χ0n) is 16.7. The molecule has 6 heteroatoms. The number of thiophene rings is 1. The first-order valence-corrected chi connectivity index (χ1v) is 11.4. The summed E-state index contributed by atoms with van der Waals surface area (Å²) in [6, 6.07) is 7.42. The Balaban J connectivity index is 1.99. The maximum atomic E-state index is 12.8. The standard InChI is InChI=1S/C21H30N2O2S2/c1-16(2)25-19-12-11-17(20(24)18-10-9-15-26-18)21(22-19)27-14-8-6-5-7-13-23(3)4/h9-12,15-16H,5-8,13-14H2,1-4H3. The molecule has 2 rings (SSSR count). The van der Waals surface area contributed by atoms with Crippen molar-refractivity contribution < 1.29 is 9.53 Å². The van der Waals surface area contributed by atoms with E-state index >= 15 is 0 Å². The van der Waals surface area contributed by atoms with E-state index in [4.69, 9.17) is 4.74 Å². The third kappa shape index (κ3) is 7.64. The highest BCUT2D eigenvalue weighted by Gasteiger charge is 2.17. The van der Waals surface area contributed by atoms with Gasteiger partial charge in [0, 0.05) is 6.07 Å². The molecule has 0 bridgehead atoms. The largest absolute Gasteiger partial charge is 0.475 e. The van der Waals surface area contributed by atoms with Crippen LogP contribution in [-0.4, -0.2) is 48.2 Å². The number of rotatable bonds is 12. The van der Waals surface area contributed by atoms with Crippen LogP contribution in [0, 0.1) is 0 Å². The van der Waals surface area contributed by atoms with E-state index in [0.717, 1.165) is 28.6 Å². The molecule has 0 spiro atoms. The molecule has 2 heterocycles. The number of ketones is 1. The van der Waals surface area contributed by atoms with Crippen LogP contribution in [0.2, 0.25) is 0 Å². The summed E-state index contributed by atoms with van der Waals surface area (Å²) in [5.74, 6) is 1.59. The molecule has 148 valence electrons. The number of carbonyl (C=O) groups excluding carboxylic acids is 1. The third-order valence-electron chi connectivity index (χ3n) is 3.92. The van der Waals surface area contributed by atoms with E-state index in [2.05, 4.69) is 24.0 Å². The van der Waals surface area contributed by atoms with Gasteiger partial charge in [-0.15, -0.1) is 23.1 Å². The molecule has 0 aliphatic carbocycles. The number of aromatic nitrogens is 1. The number of unbranched alkanes of at least 4 members (excludes halogenated alkanes) is 3. The lowest BCUT2D eigenvalue weighted by molar-refractivity contribution is 0.103. The van der Waals surface area contributed by atoms with Crippen molar-refractivity contribution in [2.45, 2.75) is 50.7 Å². The fourth-order valence-electron chi connectivity index (χ4n) is 2.61. The number of hydrogen-bond donors (Lipinski definition) is 0. The summed E-state index contributed by atoms with van der Waals surface area (Å²) in [7, 11) is 4.22. The van der Waals surface area contributed by atoms with Crippen LogP contribution >= 0.6 is 23.1 Å². The summed E-state index contributed by atoms with van der Waals surface area (Å²) in [4.78, 5) is 20.4. The minimum atomic E-state index is 0.0436. The Kier molecular flexibility index (Phi) is 9.31. The van der Waals surface area contributed by atoms with Gasteiger partial charge in [0.1, 0.15) is 5.03 Å². The van der Waals surface area contributed by atoms with E-state index < -0.39 is 0 Å². The summed E-state index contributed by atoms with van der Waals surface area (Å²) >= 11 is 3.13. The fraction of sp³-hybridized carbons (Fsp3) is 0.524. The molecule has 27 heavy (non-hydrogen) atoms. The molecule has 0 unspecified atom stereocenters. The molecule has 0 aliphatic rings. The van der Waals surface area contributed by atoms with Crippen LogP contribution in [-0.2, 0) is 0 Å². The number of carbonyl (C=O) groups is 1. The molecule has 2 aromatic rings. The zero-order valence-corrected chi connectivity index (χ0v) is 18.4. The van der Waals surface area contributed by atoms with Gasteiger partial charge in [-0.3, -0.25) is 4.79 Å². The lowest BCUT2D eigenvalue weighted by Crippen LogP contribution is -2.12. The molecule has 0 radical (unpaired) electrons. The lowest BCUT2D eigenvalue weighted by Gasteiger charge is -2.12. The van der Waals surface area contributed by atoms with Crippen LogP contribution in [0.5, 0.6) is 5.88 Å². The minimum Gasteiger partial charge on any atom is -0.475 e. The van der Waals surface area contributed by atoms with Gasteiger partial charge in [-0.2, -0.15) is 0 Å². The Morgan fingerprint density at radius 2 is 1.96 bits per heavy atom. The van der Waals surface area contributed by atoms with Gasteiger partial charge in [-0.25, -0.2) is 4.98 Å². The number of pyridine rings is 1. The molecule has 0 saturated carbocycles. The minimum absolute atomic E-state index is 0.0436. The Morgan fingerprint density at radius 3 is 2.63 bits per heavy atom. The smallest absolute Gasteiger partial charge is 0.214 e. The first-order chi connectivity index (χ1) is 13.0.